The molecule has 0 heterocycles. The maximum Gasteiger partial charge on any atom is 0.124 e. The summed E-state index contributed by atoms with van der Waals surface area (Å²) in [5.41, 5.74) is 1.03. The zero-order chi connectivity index (χ0) is 13.7. The first kappa shape index (κ1) is 15.5. The lowest BCUT2D eigenvalue weighted by Gasteiger charge is -2.23. The Bertz CT molecular complexity index is 377. The predicted octanol–water partition coefficient (Wildman–Crippen LogP) is 4.46. The van der Waals surface area contributed by atoms with Gasteiger partial charge in [0, 0.05) is 17.5 Å². The topological polar surface area (TPSA) is 12.0 Å². The quantitative estimate of drug-likeness (QED) is 0.805. The molecule has 102 valence electrons. The molecule has 18 heavy (non-hydrogen) atoms. The van der Waals surface area contributed by atoms with Crippen LogP contribution in [0.2, 0.25) is 5.02 Å². The Kier molecular flexibility index (Phi) is 6.10. The van der Waals surface area contributed by atoms with Crippen molar-refractivity contribution in [2.75, 3.05) is 13.1 Å². The van der Waals surface area contributed by atoms with Gasteiger partial charge in [-0.2, -0.15) is 0 Å². The molecule has 1 aromatic carbocycles. The van der Waals surface area contributed by atoms with Crippen molar-refractivity contribution in [1.82, 2.24) is 5.32 Å². The minimum absolute atomic E-state index is 0.276. The Morgan fingerprint density at radius 1 is 1.17 bits per heavy atom. The van der Waals surface area contributed by atoms with Crippen LogP contribution in [0.1, 0.15) is 39.2 Å². The van der Waals surface area contributed by atoms with Crippen LogP contribution in [0.15, 0.2) is 18.2 Å². The fraction of sp³-hybridized carbons (Fsp3) is 0.600. The highest BCUT2D eigenvalue weighted by molar-refractivity contribution is 6.31. The minimum atomic E-state index is -0.276. The van der Waals surface area contributed by atoms with Crippen molar-refractivity contribution in [3.05, 3.63) is 34.6 Å². The van der Waals surface area contributed by atoms with E-state index in [1.165, 1.54) is 12.1 Å². The summed E-state index contributed by atoms with van der Waals surface area (Å²) in [6.07, 6.45) is 0. The van der Waals surface area contributed by atoms with Gasteiger partial charge in [0.15, 0.2) is 0 Å². The molecule has 1 atom stereocenters. The van der Waals surface area contributed by atoms with Crippen LogP contribution in [-0.2, 0) is 0 Å². The summed E-state index contributed by atoms with van der Waals surface area (Å²) in [6.45, 7) is 10.6. The summed E-state index contributed by atoms with van der Waals surface area (Å²) in [4.78, 5) is 0. The third kappa shape index (κ3) is 4.58. The van der Waals surface area contributed by atoms with Crippen LogP contribution < -0.4 is 5.32 Å². The van der Waals surface area contributed by atoms with Crippen molar-refractivity contribution < 1.29 is 4.39 Å². The average Bonchev–Trinajstić information content (AvgIpc) is 2.25. The van der Waals surface area contributed by atoms with E-state index in [4.69, 9.17) is 11.6 Å². The Balaban J connectivity index is 2.77. The fourth-order valence-electron chi connectivity index (χ4n) is 2.03. The van der Waals surface area contributed by atoms with Gasteiger partial charge >= 0.3 is 0 Å². The summed E-state index contributed by atoms with van der Waals surface area (Å²) in [5, 5.41) is 3.98. The van der Waals surface area contributed by atoms with E-state index < -0.39 is 0 Å². The molecule has 0 aromatic heterocycles. The summed E-state index contributed by atoms with van der Waals surface area (Å²) >= 11 is 6.14. The molecule has 0 aliphatic heterocycles. The van der Waals surface area contributed by atoms with Gasteiger partial charge < -0.3 is 5.32 Å². The lowest BCUT2D eigenvalue weighted by Crippen LogP contribution is -2.28. The highest BCUT2D eigenvalue weighted by Gasteiger charge is 2.18. The van der Waals surface area contributed by atoms with Crippen LogP contribution in [0.25, 0.3) is 0 Å². The van der Waals surface area contributed by atoms with Crippen molar-refractivity contribution in [3.63, 3.8) is 0 Å². The van der Waals surface area contributed by atoms with E-state index in [0.717, 1.165) is 18.7 Å². The molecular weight excluding hydrogens is 249 g/mol. The fourth-order valence-corrected chi connectivity index (χ4v) is 2.34. The van der Waals surface area contributed by atoms with E-state index in [-0.39, 0.29) is 5.82 Å². The number of benzene rings is 1. The highest BCUT2D eigenvalue weighted by Crippen LogP contribution is 2.30. The molecule has 3 heteroatoms. The number of rotatable bonds is 6. The highest BCUT2D eigenvalue weighted by atomic mass is 35.5. The van der Waals surface area contributed by atoms with E-state index in [2.05, 4.69) is 33.0 Å². The van der Waals surface area contributed by atoms with Crippen LogP contribution in [0.3, 0.4) is 0 Å². The van der Waals surface area contributed by atoms with E-state index >= 15 is 0 Å². The van der Waals surface area contributed by atoms with Gasteiger partial charge in [0.2, 0.25) is 0 Å². The molecule has 0 radical (unpaired) electrons. The zero-order valence-corrected chi connectivity index (χ0v) is 12.4. The largest absolute Gasteiger partial charge is 0.316 e. The first-order valence-electron chi connectivity index (χ1n) is 6.57. The van der Waals surface area contributed by atoms with Gasteiger partial charge in [0.25, 0.3) is 0 Å². The second kappa shape index (κ2) is 7.10. The monoisotopic (exact) mass is 271 g/mol. The lowest BCUT2D eigenvalue weighted by molar-refractivity contribution is 0.442. The van der Waals surface area contributed by atoms with E-state index in [9.17, 15) is 4.39 Å². The van der Waals surface area contributed by atoms with Crippen molar-refractivity contribution >= 4 is 11.6 Å². The number of hydrogen-bond donors (Lipinski definition) is 1. The molecule has 1 N–H and O–H groups in total. The molecule has 0 spiro atoms. The minimum Gasteiger partial charge on any atom is -0.316 e. The number of hydrogen-bond acceptors (Lipinski definition) is 1. The molecule has 0 fully saturated rings. The van der Waals surface area contributed by atoms with Gasteiger partial charge in [0.1, 0.15) is 5.82 Å². The number of halogens is 2. The van der Waals surface area contributed by atoms with Gasteiger partial charge in [-0.15, -0.1) is 0 Å². The number of nitrogens with one attached hydrogen (secondary N) is 1. The third-order valence-electron chi connectivity index (χ3n) is 3.08. The molecule has 0 aliphatic rings. The van der Waals surface area contributed by atoms with E-state index in [1.807, 2.05) is 0 Å². The molecule has 1 unspecified atom stereocenters. The molecule has 1 aromatic rings. The molecular formula is C15H23ClFN. The standard InChI is InChI=1S/C15H23ClFN/c1-10(2)8-18-9-14(11(3)4)13-6-5-12(17)7-15(13)16/h5-7,10-11,14,18H,8-9H2,1-4H3. The Morgan fingerprint density at radius 3 is 2.33 bits per heavy atom. The summed E-state index contributed by atoms with van der Waals surface area (Å²) in [7, 11) is 0. The maximum atomic E-state index is 13.1. The molecule has 0 bridgehead atoms. The summed E-state index contributed by atoms with van der Waals surface area (Å²) in [5.74, 6) is 1.13. The normalized spacial score (nSPS) is 13.3. The summed E-state index contributed by atoms with van der Waals surface area (Å²) in [6, 6.07) is 4.69. The Labute approximate surface area is 115 Å². The van der Waals surface area contributed by atoms with E-state index in [0.29, 0.717) is 22.8 Å². The zero-order valence-electron chi connectivity index (χ0n) is 11.6. The Morgan fingerprint density at radius 2 is 1.83 bits per heavy atom. The van der Waals surface area contributed by atoms with Gasteiger partial charge in [0.05, 0.1) is 0 Å². The van der Waals surface area contributed by atoms with Crippen LogP contribution in [0.4, 0.5) is 4.39 Å². The molecule has 1 nitrogen and oxygen atoms in total. The lowest BCUT2D eigenvalue weighted by atomic mass is 9.88. The van der Waals surface area contributed by atoms with Crippen molar-refractivity contribution in [2.45, 2.75) is 33.6 Å². The Hall–Kier alpha value is -0.600. The second-order valence-corrected chi connectivity index (χ2v) is 5.98. The first-order valence-corrected chi connectivity index (χ1v) is 6.95. The van der Waals surface area contributed by atoms with Gasteiger partial charge in [-0.25, -0.2) is 4.39 Å². The van der Waals surface area contributed by atoms with Gasteiger partial charge in [-0.3, -0.25) is 0 Å². The van der Waals surface area contributed by atoms with Crippen LogP contribution in [0, 0.1) is 17.7 Å². The average molecular weight is 272 g/mol. The third-order valence-corrected chi connectivity index (χ3v) is 3.41. The van der Waals surface area contributed by atoms with Crippen LogP contribution in [0.5, 0.6) is 0 Å². The van der Waals surface area contributed by atoms with Crippen molar-refractivity contribution in [2.24, 2.45) is 11.8 Å². The smallest absolute Gasteiger partial charge is 0.124 e. The molecule has 1 rings (SSSR count). The van der Waals surface area contributed by atoms with Gasteiger partial charge in [-0.05, 0) is 36.1 Å². The van der Waals surface area contributed by atoms with Crippen molar-refractivity contribution in [1.29, 1.82) is 0 Å². The molecule has 0 aliphatic carbocycles. The SMILES string of the molecule is CC(C)CNCC(c1ccc(F)cc1Cl)C(C)C. The predicted molar refractivity (Wildman–Crippen MR) is 76.7 cm³/mol. The summed E-state index contributed by atoms with van der Waals surface area (Å²) < 4.78 is 13.1. The maximum absolute atomic E-state index is 13.1. The van der Waals surface area contributed by atoms with Crippen LogP contribution in [-0.4, -0.2) is 13.1 Å². The van der Waals surface area contributed by atoms with Crippen molar-refractivity contribution in [3.8, 4) is 0 Å². The van der Waals surface area contributed by atoms with Gasteiger partial charge in [-0.1, -0.05) is 45.4 Å². The molecule has 0 saturated heterocycles. The van der Waals surface area contributed by atoms with Crippen LogP contribution >= 0.6 is 11.6 Å². The second-order valence-electron chi connectivity index (χ2n) is 5.57. The van der Waals surface area contributed by atoms with E-state index in [1.54, 1.807) is 6.07 Å². The first-order chi connectivity index (χ1) is 8.41. The molecule has 0 amide bonds. The molecule has 0 saturated carbocycles.